The molecule has 0 atom stereocenters. The van der Waals surface area contributed by atoms with Crippen LogP contribution in [0.2, 0.25) is 5.02 Å². The van der Waals surface area contributed by atoms with Crippen LogP contribution in [0.4, 0.5) is 0 Å². The Morgan fingerprint density at radius 2 is 2.09 bits per heavy atom. The molecule has 3 rings (SSSR count). The van der Waals surface area contributed by atoms with E-state index in [2.05, 4.69) is 10.3 Å². The zero-order valence-corrected chi connectivity index (χ0v) is 13.9. The molecular formula is C18H21ClN2O2. The molecule has 122 valence electrons. The van der Waals surface area contributed by atoms with Crippen LogP contribution >= 0.6 is 11.6 Å². The molecule has 1 amide bonds. The van der Waals surface area contributed by atoms with Crippen molar-refractivity contribution < 1.29 is 9.90 Å². The highest BCUT2D eigenvalue weighted by molar-refractivity contribution is 6.36. The van der Waals surface area contributed by atoms with Gasteiger partial charge in [-0.25, -0.2) is 4.98 Å². The number of fused-ring (bicyclic) bond motifs is 1. The van der Waals surface area contributed by atoms with Crippen molar-refractivity contribution in [1.29, 1.82) is 0 Å². The standard InChI is InChI=1S/C18H21ClN2O2/c1-2-12-10-11-4-3-5-15(19)16(11)17(20-12)18(23)21-13-6-8-14(22)9-7-13/h3-5,10,13-14,22H,2,6-9H2,1H3,(H,21,23). The first-order valence-electron chi connectivity index (χ1n) is 8.15. The highest BCUT2D eigenvalue weighted by Gasteiger charge is 2.23. The van der Waals surface area contributed by atoms with E-state index >= 15 is 0 Å². The Balaban J connectivity index is 1.93. The molecule has 4 nitrogen and oxygen atoms in total. The van der Waals surface area contributed by atoms with Crippen molar-refractivity contribution in [1.82, 2.24) is 10.3 Å². The van der Waals surface area contributed by atoms with Crippen molar-refractivity contribution in [3.8, 4) is 0 Å². The zero-order chi connectivity index (χ0) is 16.4. The molecule has 23 heavy (non-hydrogen) atoms. The molecule has 1 saturated carbocycles. The van der Waals surface area contributed by atoms with Gasteiger partial charge in [0.15, 0.2) is 0 Å². The van der Waals surface area contributed by atoms with Crippen LogP contribution in [0.15, 0.2) is 24.3 Å². The largest absolute Gasteiger partial charge is 0.393 e. The Bertz CT molecular complexity index is 724. The summed E-state index contributed by atoms with van der Waals surface area (Å²) in [6.45, 7) is 2.02. The number of hydrogen-bond donors (Lipinski definition) is 2. The fourth-order valence-corrected chi connectivity index (χ4v) is 3.41. The number of benzene rings is 1. The predicted octanol–water partition coefficient (Wildman–Crippen LogP) is 3.48. The van der Waals surface area contributed by atoms with Gasteiger partial charge in [0, 0.05) is 17.1 Å². The lowest BCUT2D eigenvalue weighted by atomic mass is 9.93. The SMILES string of the molecule is CCc1cc2cccc(Cl)c2c(C(=O)NC2CCC(O)CC2)n1. The Morgan fingerprint density at radius 3 is 2.78 bits per heavy atom. The molecule has 1 aromatic carbocycles. The zero-order valence-electron chi connectivity index (χ0n) is 13.2. The molecule has 1 heterocycles. The molecule has 2 N–H and O–H groups in total. The fourth-order valence-electron chi connectivity index (χ4n) is 3.14. The van der Waals surface area contributed by atoms with Crippen molar-refractivity contribution >= 4 is 28.3 Å². The van der Waals surface area contributed by atoms with Crippen LogP contribution in [0.1, 0.15) is 48.8 Å². The lowest BCUT2D eigenvalue weighted by Crippen LogP contribution is -2.39. The molecule has 1 fully saturated rings. The molecule has 0 bridgehead atoms. The molecule has 0 saturated heterocycles. The van der Waals surface area contributed by atoms with E-state index < -0.39 is 0 Å². The average molecular weight is 333 g/mol. The fraction of sp³-hybridized carbons (Fsp3) is 0.444. The molecule has 0 aliphatic heterocycles. The van der Waals surface area contributed by atoms with E-state index in [1.54, 1.807) is 6.07 Å². The second kappa shape index (κ2) is 6.85. The molecule has 2 aromatic rings. The number of rotatable bonds is 3. The number of nitrogens with one attached hydrogen (secondary N) is 1. The predicted molar refractivity (Wildman–Crippen MR) is 91.9 cm³/mol. The summed E-state index contributed by atoms with van der Waals surface area (Å²) in [5.41, 5.74) is 1.28. The molecule has 1 aliphatic carbocycles. The van der Waals surface area contributed by atoms with E-state index in [0.29, 0.717) is 16.1 Å². The molecule has 5 heteroatoms. The highest BCUT2D eigenvalue weighted by Crippen LogP contribution is 2.27. The number of carbonyl (C=O) groups excluding carboxylic acids is 1. The van der Waals surface area contributed by atoms with Crippen LogP contribution in [-0.4, -0.2) is 28.1 Å². The van der Waals surface area contributed by atoms with E-state index in [-0.39, 0.29) is 18.1 Å². The van der Waals surface area contributed by atoms with Crippen molar-refractivity contribution in [3.63, 3.8) is 0 Å². The van der Waals surface area contributed by atoms with Gasteiger partial charge in [0.1, 0.15) is 5.69 Å². The Kier molecular flexibility index (Phi) is 4.83. The number of carbonyl (C=O) groups is 1. The number of aliphatic hydroxyl groups is 1. The number of halogens is 1. The number of nitrogens with zero attached hydrogens (tertiary/aromatic N) is 1. The summed E-state index contributed by atoms with van der Waals surface area (Å²) in [6.07, 6.45) is 3.58. The van der Waals surface area contributed by atoms with Gasteiger partial charge in [0.05, 0.1) is 11.1 Å². The maximum absolute atomic E-state index is 12.7. The van der Waals surface area contributed by atoms with Crippen molar-refractivity contribution in [2.24, 2.45) is 0 Å². The Hall–Kier alpha value is -1.65. The minimum atomic E-state index is -0.236. The third kappa shape index (κ3) is 3.48. The van der Waals surface area contributed by atoms with Crippen LogP contribution < -0.4 is 5.32 Å². The van der Waals surface area contributed by atoms with E-state index in [0.717, 1.165) is 43.2 Å². The van der Waals surface area contributed by atoms with Gasteiger partial charge in [0.2, 0.25) is 0 Å². The lowest BCUT2D eigenvalue weighted by Gasteiger charge is -2.26. The van der Waals surface area contributed by atoms with E-state index in [1.807, 2.05) is 25.1 Å². The van der Waals surface area contributed by atoms with Gasteiger partial charge in [-0.2, -0.15) is 0 Å². The van der Waals surface area contributed by atoms with Crippen molar-refractivity contribution in [2.75, 3.05) is 0 Å². The topological polar surface area (TPSA) is 62.2 Å². The van der Waals surface area contributed by atoms with Crippen LogP contribution in [-0.2, 0) is 6.42 Å². The van der Waals surface area contributed by atoms with Gasteiger partial charge in [0.25, 0.3) is 5.91 Å². The minimum absolute atomic E-state index is 0.0931. The summed E-state index contributed by atoms with van der Waals surface area (Å²) < 4.78 is 0. The first-order chi connectivity index (χ1) is 11.1. The maximum Gasteiger partial charge on any atom is 0.270 e. The number of amides is 1. The summed E-state index contributed by atoms with van der Waals surface area (Å²) in [5, 5.41) is 14.8. The minimum Gasteiger partial charge on any atom is -0.393 e. The summed E-state index contributed by atoms with van der Waals surface area (Å²) >= 11 is 6.31. The summed E-state index contributed by atoms with van der Waals surface area (Å²) in [4.78, 5) is 17.2. The maximum atomic E-state index is 12.7. The molecule has 0 spiro atoms. The van der Waals surface area contributed by atoms with Gasteiger partial charge in [-0.3, -0.25) is 4.79 Å². The summed E-state index contributed by atoms with van der Waals surface area (Å²) in [7, 11) is 0. The summed E-state index contributed by atoms with van der Waals surface area (Å²) in [5.74, 6) is -0.181. The van der Waals surface area contributed by atoms with Crippen LogP contribution in [0.3, 0.4) is 0 Å². The van der Waals surface area contributed by atoms with Gasteiger partial charge in [-0.15, -0.1) is 0 Å². The first-order valence-corrected chi connectivity index (χ1v) is 8.53. The number of aryl methyl sites for hydroxylation is 1. The number of aliphatic hydroxyl groups excluding tert-OH is 1. The van der Waals surface area contributed by atoms with E-state index in [1.165, 1.54) is 0 Å². The van der Waals surface area contributed by atoms with Gasteiger partial charge in [-0.05, 0) is 49.6 Å². The molecule has 1 aromatic heterocycles. The second-order valence-electron chi connectivity index (χ2n) is 6.13. The Morgan fingerprint density at radius 1 is 1.35 bits per heavy atom. The molecule has 1 aliphatic rings. The normalized spacial score (nSPS) is 21.3. The monoisotopic (exact) mass is 332 g/mol. The number of hydrogen-bond acceptors (Lipinski definition) is 3. The van der Waals surface area contributed by atoms with Crippen LogP contribution in [0.25, 0.3) is 10.8 Å². The quantitative estimate of drug-likeness (QED) is 0.904. The average Bonchev–Trinajstić information content (AvgIpc) is 2.56. The van der Waals surface area contributed by atoms with Crippen LogP contribution in [0.5, 0.6) is 0 Å². The van der Waals surface area contributed by atoms with E-state index in [9.17, 15) is 9.90 Å². The molecule has 0 radical (unpaired) electrons. The van der Waals surface area contributed by atoms with Crippen molar-refractivity contribution in [2.45, 2.75) is 51.2 Å². The number of pyridine rings is 1. The second-order valence-corrected chi connectivity index (χ2v) is 6.54. The molecule has 0 unspecified atom stereocenters. The smallest absolute Gasteiger partial charge is 0.270 e. The van der Waals surface area contributed by atoms with Gasteiger partial charge >= 0.3 is 0 Å². The van der Waals surface area contributed by atoms with Gasteiger partial charge < -0.3 is 10.4 Å². The lowest BCUT2D eigenvalue weighted by molar-refractivity contribution is 0.0864. The third-order valence-corrected chi connectivity index (χ3v) is 4.78. The van der Waals surface area contributed by atoms with Gasteiger partial charge in [-0.1, -0.05) is 30.7 Å². The Labute approximate surface area is 140 Å². The van der Waals surface area contributed by atoms with Crippen LogP contribution in [0, 0.1) is 0 Å². The first kappa shape index (κ1) is 16.2. The number of aromatic nitrogens is 1. The third-order valence-electron chi connectivity index (χ3n) is 4.47. The highest BCUT2D eigenvalue weighted by atomic mass is 35.5. The summed E-state index contributed by atoms with van der Waals surface area (Å²) in [6, 6.07) is 7.69. The molecular weight excluding hydrogens is 312 g/mol. The van der Waals surface area contributed by atoms with E-state index in [4.69, 9.17) is 11.6 Å². The van der Waals surface area contributed by atoms with Crippen molar-refractivity contribution in [3.05, 3.63) is 40.7 Å².